The number of hydrogen-bond acceptors (Lipinski definition) is 3. The Labute approximate surface area is 151 Å². The predicted molar refractivity (Wildman–Crippen MR) is 96.8 cm³/mol. The molecule has 2 fully saturated rings. The van der Waals surface area contributed by atoms with Gasteiger partial charge in [-0.25, -0.2) is 4.79 Å². The van der Waals surface area contributed by atoms with E-state index in [0.29, 0.717) is 12.5 Å². The van der Waals surface area contributed by atoms with E-state index in [1.54, 1.807) is 0 Å². The lowest BCUT2D eigenvalue weighted by atomic mass is 9.80. The van der Waals surface area contributed by atoms with Crippen LogP contribution in [0.2, 0.25) is 0 Å². The second kappa shape index (κ2) is 6.96. The molecule has 2 saturated heterocycles. The quantitative estimate of drug-likeness (QED) is 0.794. The zero-order chi connectivity index (χ0) is 19.0. The van der Waals surface area contributed by atoms with Crippen molar-refractivity contribution in [3.05, 3.63) is 0 Å². The number of nitrogens with one attached hydrogen (secondary N) is 1. The minimum atomic E-state index is -0.262. The number of imide groups is 1. The summed E-state index contributed by atoms with van der Waals surface area (Å²) in [5.74, 6) is 0.00298. The average molecular weight is 351 g/mol. The topological polar surface area (TPSA) is 69.7 Å². The van der Waals surface area contributed by atoms with Crippen molar-refractivity contribution in [2.75, 3.05) is 26.2 Å². The first-order valence-electron chi connectivity index (χ1n) is 9.28. The van der Waals surface area contributed by atoms with E-state index in [0.717, 1.165) is 19.5 Å². The number of urea groups is 1. The van der Waals surface area contributed by atoms with Gasteiger partial charge >= 0.3 is 6.03 Å². The van der Waals surface area contributed by atoms with Crippen LogP contribution >= 0.6 is 0 Å². The van der Waals surface area contributed by atoms with E-state index < -0.39 is 0 Å². The van der Waals surface area contributed by atoms with Gasteiger partial charge in [0.1, 0.15) is 0 Å². The molecule has 2 rings (SSSR count). The van der Waals surface area contributed by atoms with Crippen molar-refractivity contribution in [3.63, 3.8) is 0 Å². The Morgan fingerprint density at radius 1 is 1.12 bits per heavy atom. The van der Waals surface area contributed by atoms with Gasteiger partial charge in [0, 0.05) is 32.6 Å². The van der Waals surface area contributed by atoms with Crippen LogP contribution in [-0.4, -0.2) is 53.8 Å². The van der Waals surface area contributed by atoms with Crippen LogP contribution in [0.15, 0.2) is 0 Å². The van der Waals surface area contributed by atoms with E-state index >= 15 is 0 Å². The van der Waals surface area contributed by atoms with Crippen molar-refractivity contribution < 1.29 is 14.4 Å². The average Bonchev–Trinajstić information content (AvgIpc) is 3.05. The maximum absolute atomic E-state index is 12.4. The number of nitrogens with zero attached hydrogens (tertiary/aromatic N) is 2. The van der Waals surface area contributed by atoms with E-state index in [-0.39, 0.29) is 47.6 Å². The van der Waals surface area contributed by atoms with Gasteiger partial charge in [0.25, 0.3) is 0 Å². The summed E-state index contributed by atoms with van der Waals surface area (Å²) in [7, 11) is 0. The van der Waals surface area contributed by atoms with E-state index in [1.165, 1.54) is 4.90 Å². The van der Waals surface area contributed by atoms with Crippen molar-refractivity contribution in [2.24, 2.45) is 22.7 Å². The molecule has 0 aromatic rings. The van der Waals surface area contributed by atoms with Crippen LogP contribution < -0.4 is 5.32 Å². The summed E-state index contributed by atoms with van der Waals surface area (Å²) in [6, 6.07) is -0.0989. The van der Waals surface area contributed by atoms with Gasteiger partial charge in [0.15, 0.2) is 0 Å². The highest BCUT2D eigenvalue weighted by molar-refractivity contribution is 6.03. The molecule has 0 radical (unpaired) electrons. The van der Waals surface area contributed by atoms with Gasteiger partial charge in [0.2, 0.25) is 11.8 Å². The van der Waals surface area contributed by atoms with E-state index in [1.807, 2.05) is 25.7 Å². The van der Waals surface area contributed by atoms with Crippen LogP contribution in [0.25, 0.3) is 0 Å². The van der Waals surface area contributed by atoms with Crippen molar-refractivity contribution in [1.29, 1.82) is 0 Å². The van der Waals surface area contributed by atoms with Crippen LogP contribution in [0.5, 0.6) is 0 Å². The summed E-state index contributed by atoms with van der Waals surface area (Å²) in [4.78, 5) is 40.0. The molecule has 0 aliphatic carbocycles. The number of carbonyl (C=O) groups excluding carboxylic acids is 3. The number of rotatable bonds is 3. The fraction of sp³-hybridized carbons (Fsp3) is 0.842. The number of amides is 4. The molecule has 0 spiro atoms. The van der Waals surface area contributed by atoms with Gasteiger partial charge in [-0.3, -0.25) is 14.5 Å². The Hall–Kier alpha value is -1.59. The highest BCUT2D eigenvalue weighted by atomic mass is 16.2. The van der Waals surface area contributed by atoms with Gasteiger partial charge < -0.3 is 10.2 Å². The van der Waals surface area contributed by atoms with Gasteiger partial charge in [-0.15, -0.1) is 0 Å². The Morgan fingerprint density at radius 3 is 2.24 bits per heavy atom. The molecule has 2 heterocycles. The van der Waals surface area contributed by atoms with Crippen molar-refractivity contribution >= 4 is 17.8 Å². The minimum absolute atomic E-state index is 0.0989. The van der Waals surface area contributed by atoms with E-state index in [4.69, 9.17) is 0 Å². The molecule has 6 heteroatoms. The first kappa shape index (κ1) is 19.7. The van der Waals surface area contributed by atoms with Gasteiger partial charge in [0.05, 0.1) is 5.92 Å². The lowest BCUT2D eigenvalue weighted by Crippen LogP contribution is -2.44. The minimum Gasteiger partial charge on any atom is -0.336 e. The Balaban J connectivity index is 1.80. The third kappa shape index (κ3) is 4.53. The summed E-state index contributed by atoms with van der Waals surface area (Å²) < 4.78 is 0. The van der Waals surface area contributed by atoms with Crippen molar-refractivity contribution in [3.8, 4) is 0 Å². The van der Waals surface area contributed by atoms with Crippen LogP contribution in [0.3, 0.4) is 0 Å². The van der Waals surface area contributed by atoms with Crippen LogP contribution in [-0.2, 0) is 9.59 Å². The smallest absolute Gasteiger partial charge is 0.317 e. The Morgan fingerprint density at radius 2 is 1.76 bits per heavy atom. The summed E-state index contributed by atoms with van der Waals surface area (Å²) in [6.45, 7) is 14.6. The second-order valence-electron chi connectivity index (χ2n) is 9.54. The summed E-state index contributed by atoms with van der Waals surface area (Å²) in [5.41, 5.74) is -0.0202. The first-order valence-corrected chi connectivity index (χ1v) is 9.28. The Kier molecular flexibility index (Phi) is 5.50. The highest BCUT2D eigenvalue weighted by Gasteiger charge is 2.44. The number of carbonyl (C=O) groups is 3. The zero-order valence-corrected chi connectivity index (χ0v) is 16.5. The molecule has 0 aromatic carbocycles. The summed E-state index contributed by atoms with van der Waals surface area (Å²) in [6.07, 6.45) is 1.29. The molecule has 2 atom stereocenters. The lowest BCUT2D eigenvalue weighted by Gasteiger charge is -2.27. The maximum Gasteiger partial charge on any atom is 0.317 e. The van der Waals surface area contributed by atoms with Crippen molar-refractivity contribution in [2.45, 2.75) is 54.4 Å². The molecule has 4 amide bonds. The maximum atomic E-state index is 12.4. The SMILES string of the molecule is CC(C)(C)C1CC(=O)N(CCNC(=O)N2CC[C@H](C(C)(C)C)C2)C1=O. The fourth-order valence-corrected chi connectivity index (χ4v) is 3.63. The molecule has 1 unspecified atom stereocenters. The molecule has 1 N–H and O–H groups in total. The molecular weight excluding hydrogens is 318 g/mol. The Bertz CT molecular complexity index is 545. The monoisotopic (exact) mass is 351 g/mol. The molecule has 6 nitrogen and oxygen atoms in total. The third-order valence-electron chi connectivity index (χ3n) is 5.60. The van der Waals surface area contributed by atoms with Crippen LogP contribution in [0.1, 0.15) is 54.4 Å². The third-order valence-corrected chi connectivity index (χ3v) is 5.60. The molecule has 0 bridgehead atoms. The zero-order valence-electron chi connectivity index (χ0n) is 16.5. The fourth-order valence-electron chi connectivity index (χ4n) is 3.63. The molecule has 2 aliphatic rings. The summed E-state index contributed by atoms with van der Waals surface area (Å²) >= 11 is 0. The van der Waals surface area contributed by atoms with Gasteiger partial charge in [-0.1, -0.05) is 41.5 Å². The molecular formula is C19H33N3O3. The second-order valence-corrected chi connectivity index (χ2v) is 9.54. The predicted octanol–water partition coefficient (Wildman–Crippen LogP) is 2.49. The molecule has 0 saturated carbocycles. The highest BCUT2D eigenvalue weighted by Crippen LogP contribution is 2.35. The van der Waals surface area contributed by atoms with Gasteiger partial charge in [-0.05, 0) is 23.2 Å². The van der Waals surface area contributed by atoms with E-state index in [9.17, 15) is 14.4 Å². The molecule has 0 aromatic heterocycles. The standard InChI is InChI=1S/C19H33N3O3/c1-18(2,3)13-7-9-21(12-13)17(25)20-8-10-22-15(23)11-14(16(22)24)19(4,5)6/h13-14H,7-12H2,1-6H3,(H,20,25)/t13-,14?/m0/s1. The van der Waals surface area contributed by atoms with E-state index in [2.05, 4.69) is 26.1 Å². The molecule has 2 aliphatic heterocycles. The number of hydrogen-bond donors (Lipinski definition) is 1. The number of likely N-dealkylation sites (tertiary alicyclic amines) is 2. The van der Waals surface area contributed by atoms with Crippen LogP contribution in [0, 0.1) is 22.7 Å². The van der Waals surface area contributed by atoms with Crippen molar-refractivity contribution in [1.82, 2.24) is 15.1 Å². The molecule has 25 heavy (non-hydrogen) atoms. The van der Waals surface area contributed by atoms with Gasteiger partial charge in [-0.2, -0.15) is 0 Å². The lowest BCUT2D eigenvalue weighted by molar-refractivity contribution is -0.140. The largest absolute Gasteiger partial charge is 0.336 e. The first-order chi connectivity index (χ1) is 11.4. The van der Waals surface area contributed by atoms with Crippen LogP contribution in [0.4, 0.5) is 4.79 Å². The molecule has 142 valence electrons. The normalized spacial score (nSPS) is 25.0. The summed E-state index contributed by atoms with van der Waals surface area (Å²) in [5, 5.41) is 2.86.